The molecule has 0 aromatic carbocycles. The molecule has 3 unspecified atom stereocenters. The first-order valence-electron chi connectivity index (χ1n) is 8.27. The van der Waals surface area contributed by atoms with E-state index in [4.69, 9.17) is 0 Å². The zero-order valence-electron chi connectivity index (χ0n) is 12.1. The molecule has 0 N–H and O–H groups in total. The van der Waals surface area contributed by atoms with E-state index in [1.54, 1.807) is 0 Å². The van der Waals surface area contributed by atoms with Crippen LogP contribution in [0.4, 0.5) is 0 Å². The fourth-order valence-electron chi connectivity index (χ4n) is 4.63. The molecule has 3 rings (SSSR count). The molecule has 1 heterocycles. The van der Waals surface area contributed by atoms with Crippen molar-refractivity contribution in [2.45, 2.75) is 51.4 Å². The van der Waals surface area contributed by atoms with Crippen molar-refractivity contribution in [1.29, 1.82) is 0 Å². The minimum absolute atomic E-state index is 0.964. The zero-order valence-corrected chi connectivity index (χ0v) is 12.1. The third-order valence-corrected chi connectivity index (χ3v) is 5.84. The molecule has 0 amide bonds. The monoisotopic (exact) mass is 248 g/mol. The third kappa shape index (κ3) is 2.82. The molecule has 2 aliphatic carbocycles. The van der Waals surface area contributed by atoms with Gasteiger partial charge in [-0.1, -0.05) is 12.2 Å². The lowest BCUT2D eigenvalue weighted by Gasteiger charge is -2.38. The number of rotatable bonds is 5. The highest BCUT2D eigenvalue weighted by molar-refractivity contribution is 5.09. The summed E-state index contributed by atoms with van der Waals surface area (Å²) < 4.78 is 1.37. The van der Waals surface area contributed by atoms with Crippen LogP contribution in [0.2, 0.25) is 0 Å². The minimum atomic E-state index is 0.964. The highest BCUT2D eigenvalue weighted by Gasteiger charge is 2.35. The quantitative estimate of drug-likeness (QED) is 0.392. The van der Waals surface area contributed by atoms with Gasteiger partial charge < -0.3 is 4.48 Å². The first kappa shape index (κ1) is 12.7. The fraction of sp³-hybridized carbons (Fsp3) is 0.882. The Kier molecular flexibility index (Phi) is 3.79. The summed E-state index contributed by atoms with van der Waals surface area (Å²) in [4.78, 5) is 0. The van der Waals surface area contributed by atoms with E-state index in [1.165, 1.54) is 75.5 Å². The standard InChI is InChI=1S/C17H30N/c1-18(10-4-2-5-11-18)12-6-3-7-16-13-15-8-9-17(16)14-15/h8-9,15-17H,2-7,10-14H2,1H3/q+1. The van der Waals surface area contributed by atoms with Crippen LogP contribution in [0, 0.1) is 17.8 Å². The molecule has 3 aliphatic rings. The predicted octanol–water partition coefficient (Wildman–Crippen LogP) is 4.00. The predicted molar refractivity (Wildman–Crippen MR) is 77.3 cm³/mol. The van der Waals surface area contributed by atoms with Crippen LogP contribution in [-0.2, 0) is 0 Å². The number of hydrogen-bond donors (Lipinski definition) is 0. The molecule has 1 saturated heterocycles. The van der Waals surface area contributed by atoms with Gasteiger partial charge in [0, 0.05) is 0 Å². The molecule has 1 heteroatoms. The van der Waals surface area contributed by atoms with E-state index < -0.39 is 0 Å². The van der Waals surface area contributed by atoms with Crippen LogP contribution in [0.15, 0.2) is 12.2 Å². The SMILES string of the molecule is C[N+]1(CCCCC2CC3C=CC2C3)CCCCC1. The Morgan fingerprint density at radius 3 is 2.50 bits per heavy atom. The summed E-state index contributed by atoms with van der Waals surface area (Å²) in [5, 5.41) is 0. The Morgan fingerprint density at radius 2 is 1.83 bits per heavy atom. The van der Waals surface area contributed by atoms with Crippen molar-refractivity contribution in [1.82, 2.24) is 0 Å². The first-order chi connectivity index (χ1) is 8.75. The summed E-state index contributed by atoms with van der Waals surface area (Å²) in [6.45, 7) is 4.32. The van der Waals surface area contributed by atoms with Crippen LogP contribution in [0.1, 0.15) is 51.4 Å². The second-order valence-electron chi connectivity index (χ2n) is 7.39. The Morgan fingerprint density at radius 1 is 1.00 bits per heavy atom. The highest BCUT2D eigenvalue weighted by Crippen LogP contribution is 2.45. The summed E-state index contributed by atoms with van der Waals surface area (Å²) in [6, 6.07) is 0. The summed E-state index contributed by atoms with van der Waals surface area (Å²) in [6.07, 6.45) is 16.8. The average Bonchev–Trinajstić information content (AvgIpc) is 2.98. The van der Waals surface area contributed by atoms with E-state index in [-0.39, 0.29) is 0 Å². The number of piperidine rings is 1. The van der Waals surface area contributed by atoms with E-state index in [0.29, 0.717) is 0 Å². The van der Waals surface area contributed by atoms with Crippen molar-refractivity contribution in [3.8, 4) is 0 Å². The average molecular weight is 248 g/mol. The lowest BCUT2D eigenvalue weighted by atomic mass is 9.89. The van der Waals surface area contributed by atoms with Crippen molar-refractivity contribution < 1.29 is 4.48 Å². The molecule has 18 heavy (non-hydrogen) atoms. The number of quaternary nitrogens is 1. The van der Waals surface area contributed by atoms with Gasteiger partial charge >= 0.3 is 0 Å². The van der Waals surface area contributed by atoms with E-state index in [0.717, 1.165) is 17.8 Å². The van der Waals surface area contributed by atoms with Crippen LogP contribution >= 0.6 is 0 Å². The maximum absolute atomic E-state index is 2.51. The molecule has 1 aliphatic heterocycles. The largest absolute Gasteiger partial charge is 0.326 e. The van der Waals surface area contributed by atoms with Gasteiger partial charge in [0.15, 0.2) is 0 Å². The molecule has 0 aromatic heterocycles. The van der Waals surface area contributed by atoms with Crippen LogP contribution in [0.3, 0.4) is 0 Å². The molecule has 102 valence electrons. The van der Waals surface area contributed by atoms with Crippen LogP contribution in [0.5, 0.6) is 0 Å². The molecule has 1 nitrogen and oxygen atoms in total. The van der Waals surface area contributed by atoms with Gasteiger partial charge in [-0.05, 0) is 69.1 Å². The number of allylic oxidation sites excluding steroid dienone is 2. The Bertz CT molecular complexity index is 301. The van der Waals surface area contributed by atoms with E-state index >= 15 is 0 Å². The maximum atomic E-state index is 2.51. The molecule has 1 saturated carbocycles. The smallest absolute Gasteiger partial charge is 0.0784 e. The van der Waals surface area contributed by atoms with Crippen molar-refractivity contribution in [2.24, 2.45) is 17.8 Å². The van der Waals surface area contributed by atoms with Crippen LogP contribution in [0.25, 0.3) is 0 Å². The molecule has 0 radical (unpaired) electrons. The van der Waals surface area contributed by atoms with Crippen molar-refractivity contribution in [3.63, 3.8) is 0 Å². The van der Waals surface area contributed by atoms with Gasteiger partial charge in [-0.2, -0.15) is 0 Å². The third-order valence-electron chi connectivity index (χ3n) is 5.84. The Balaban J connectivity index is 1.34. The fourth-order valence-corrected chi connectivity index (χ4v) is 4.63. The van der Waals surface area contributed by atoms with Crippen molar-refractivity contribution in [2.75, 3.05) is 26.7 Å². The number of hydrogen-bond acceptors (Lipinski definition) is 0. The van der Waals surface area contributed by atoms with Gasteiger partial charge in [-0.3, -0.25) is 0 Å². The van der Waals surface area contributed by atoms with E-state index in [1.807, 2.05) is 0 Å². The first-order valence-corrected chi connectivity index (χ1v) is 8.27. The van der Waals surface area contributed by atoms with Gasteiger partial charge in [0.05, 0.1) is 26.7 Å². The summed E-state index contributed by atoms with van der Waals surface area (Å²) >= 11 is 0. The Labute approximate surface area is 113 Å². The second-order valence-corrected chi connectivity index (χ2v) is 7.39. The summed E-state index contributed by atoms with van der Waals surface area (Å²) in [7, 11) is 2.49. The van der Waals surface area contributed by atoms with Gasteiger partial charge in [0.2, 0.25) is 0 Å². The molecular weight excluding hydrogens is 218 g/mol. The second kappa shape index (κ2) is 5.36. The topological polar surface area (TPSA) is 0 Å². The molecule has 2 fully saturated rings. The van der Waals surface area contributed by atoms with Gasteiger partial charge in [-0.15, -0.1) is 0 Å². The van der Waals surface area contributed by atoms with Gasteiger partial charge in [-0.25, -0.2) is 0 Å². The molecule has 2 bridgehead atoms. The molecule has 3 atom stereocenters. The van der Waals surface area contributed by atoms with Crippen LogP contribution in [-0.4, -0.2) is 31.2 Å². The molecular formula is C17H30N+. The molecule has 0 aromatic rings. The lowest BCUT2D eigenvalue weighted by Crippen LogP contribution is -2.48. The number of unbranched alkanes of at least 4 members (excludes halogenated alkanes) is 1. The minimum Gasteiger partial charge on any atom is -0.326 e. The number of likely N-dealkylation sites (tertiary alicyclic amines) is 1. The van der Waals surface area contributed by atoms with Gasteiger partial charge in [0.25, 0.3) is 0 Å². The highest BCUT2D eigenvalue weighted by atomic mass is 15.3. The zero-order chi connectivity index (χ0) is 12.4. The number of nitrogens with zero attached hydrogens (tertiary/aromatic N) is 1. The summed E-state index contributed by atoms with van der Waals surface area (Å²) in [5.41, 5.74) is 0. The molecule has 0 spiro atoms. The van der Waals surface area contributed by atoms with E-state index in [9.17, 15) is 0 Å². The summed E-state index contributed by atoms with van der Waals surface area (Å²) in [5.74, 6) is 2.98. The van der Waals surface area contributed by atoms with E-state index in [2.05, 4.69) is 19.2 Å². The maximum Gasteiger partial charge on any atom is 0.0784 e. The normalized spacial score (nSPS) is 37.3. The van der Waals surface area contributed by atoms with Gasteiger partial charge in [0.1, 0.15) is 0 Å². The lowest BCUT2D eigenvalue weighted by molar-refractivity contribution is -0.914. The Hall–Kier alpha value is -0.300. The number of fused-ring (bicyclic) bond motifs is 2. The van der Waals surface area contributed by atoms with Crippen molar-refractivity contribution >= 4 is 0 Å². The van der Waals surface area contributed by atoms with Crippen LogP contribution < -0.4 is 0 Å². The van der Waals surface area contributed by atoms with Crippen molar-refractivity contribution in [3.05, 3.63) is 12.2 Å².